The maximum Gasteiger partial charge on any atom is 0.407 e. The van der Waals surface area contributed by atoms with E-state index in [1.165, 1.54) is 11.1 Å². The van der Waals surface area contributed by atoms with Crippen molar-refractivity contribution in [3.63, 3.8) is 0 Å². The number of hydrogen-bond acceptors (Lipinski definition) is 5. The van der Waals surface area contributed by atoms with Crippen molar-refractivity contribution in [1.82, 2.24) is 10.6 Å². The number of rotatable bonds is 14. The molecule has 0 radical (unpaired) electrons. The smallest absolute Gasteiger partial charge is 0.407 e. The Balaban J connectivity index is 1.40. The lowest BCUT2D eigenvalue weighted by molar-refractivity contribution is 0.0512. The van der Waals surface area contributed by atoms with Gasteiger partial charge in [-0.1, -0.05) is 126 Å². The minimum Gasteiger partial charge on any atom is -0.454 e. The third kappa shape index (κ3) is 14.5. The molecule has 0 heterocycles. The van der Waals surface area contributed by atoms with Crippen molar-refractivity contribution in [2.75, 3.05) is 0 Å². The minimum atomic E-state index is -2.24. The number of carbonyl (C=O) groups excluding carboxylic acids is 2. The first-order valence-electron chi connectivity index (χ1n) is 21.2. The maximum absolute atomic E-state index is 12.2. The average molecular weight is 837 g/mol. The lowest BCUT2D eigenvalue weighted by Crippen LogP contribution is -2.57. The molecule has 2 amide bonds. The molecule has 9 heteroatoms. The molecule has 0 aliphatic rings. The maximum atomic E-state index is 12.2. The largest absolute Gasteiger partial charge is 0.454 e. The molecule has 0 aliphatic carbocycles. The molecule has 59 heavy (non-hydrogen) atoms. The molecule has 0 bridgehead atoms. The molecule has 2 unspecified atom stereocenters. The normalized spacial score (nSPS) is 14.5. The summed E-state index contributed by atoms with van der Waals surface area (Å²) in [5.74, 6) is 0. The average Bonchev–Trinajstić information content (AvgIpc) is 3.13. The van der Waals surface area contributed by atoms with Gasteiger partial charge in [-0.3, -0.25) is 0 Å². The first-order chi connectivity index (χ1) is 27.2. The van der Waals surface area contributed by atoms with Crippen LogP contribution in [0.4, 0.5) is 9.59 Å². The van der Waals surface area contributed by atoms with Crippen LogP contribution < -0.4 is 10.6 Å². The van der Waals surface area contributed by atoms with E-state index in [2.05, 4.69) is 138 Å². The molecule has 0 aromatic heterocycles. The van der Waals surface area contributed by atoms with E-state index in [9.17, 15) is 9.59 Å². The predicted molar refractivity (Wildman–Crippen MR) is 251 cm³/mol. The Labute approximate surface area is 358 Å². The molecule has 0 spiro atoms. The highest BCUT2D eigenvalue weighted by Gasteiger charge is 2.51. The van der Waals surface area contributed by atoms with Gasteiger partial charge in [-0.05, 0) is 146 Å². The second-order valence-electron chi connectivity index (χ2n) is 20.6. The fourth-order valence-electron chi connectivity index (χ4n) is 6.85. The molecule has 7 nitrogen and oxygen atoms in total. The molecule has 0 saturated carbocycles. The zero-order chi connectivity index (χ0) is 43.9. The Hall–Kier alpha value is -4.19. The molecular formula is C50H72N2O5Si2. The minimum absolute atomic E-state index is 0.0683. The summed E-state index contributed by atoms with van der Waals surface area (Å²) in [6, 6.07) is 36.6. The number of hydrogen-bond donors (Lipinski definition) is 2. The van der Waals surface area contributed by atoms with Crippen molar-refractivity contribution in [1.29, 1.82) is 0 Å². The number of aryl methyl sites for hydroxylation is 2. The van der Waals surface area contributed by atoms with Gasteiger partial charge in [0.25, 0.3) is 0 Å². The second kappa shape index (κ2) is 19.0. The molecule has 4 aromatic carbocycles. The topological polar surface area (TPSA) is 85.9 Å². The summed E-state index contributed by atoms with van der Waals surface area (Å²) in [6.07, 6.45) is 1.14. The van der Waals surface area contributed by atoms with E-state index in [0.717, 1.165) is 58.3 Å². The molecule has 320 valence electrons. The number of carbonyl (C=O) groups is 2. The van der Waals surface area contributed by atoms with Crippen LogP contribution in [0.1, 0.15) is 105 Å². The Morgan fingerprint density at radius 1 is 0.475 bits per heavy atom. The molecule has 2 N–H and O–H groups in total. The summed E-state index contributed by atoms with van der Waals surface area (Å²) in [4.78, 5) is 24.4. The summed E-state index contributed by atoms with van der Waals surface area (Å²) in [5.41, 5.74) is 8.20. The van der Waals surface area contributed by atoms with Gasteiger partial charge in [0, 0.05) is 13.1 Å². The highest BCUT2D eigenvalue weighted by molar-refractivity contribution is 6.88. The lowest BCUT2D eigenvalue weighted by Gasteiger charge is -2.50. The third-order valence-electron chi connectivity index (χ3n) is 11.5. The molecule has 0 fully saturated rings. The van der Waals surface area contributed by atoms with Gasteiger partial charge in [0.15, 0.2) is 16.6 Å². The Morgan fingerprint density at radius 2 is 0.814 bits per heavy atom. The summed E-state index contributed by atoms with van der Waals surface area (Å²) >= 11 is 0. The van der Waals surface area contributed by atoms with Crippen LogP contribution in [0.2, 0.25) is 35.3 Å². The van der Waals surface area contributed by atoms with Crippen molar-refractivity contribution in [2.24, 2.45) is 0 Å². The molecule has 4 aromatic rings. The summed E-state index contributed by atoms with van der Waals surface area (Å²) in [6.45, 7) is 31.2. The molecular weight excluding hydrogens is 765 g/mol. The van der Waals surface area contributed by atoms with Gasteiger partial charge in [0.2, 0.25) is 0 Å². The third-order valence-corrected chi connectivity index (χ3v) is 23.9. The first kappa shape index (κ1) is 47.5. The zero-order valence-corrected chi connectivity index (χ0v) is 40.5. The van der Waals surface area contributed by atoms with Gasteiger partial charge >= 0.3 is 12.2 Å². The van der Waals surface area contributed by atoms with Crippen molar-refractivity contribution in [3.8, 4) is 22.3 Å². The van der Waals surface area contributed by atoms with Crippen LogP contribution in [0.25, 0.3) is 22.3 Å². The molecule has 4 rings (SSSR count). The predicted octanol–water partition coefficient (Wildman–Crippen LogP) is 13.6. The van der Waals surface area contributed by atoms with Gasteiger partial charge in [-0.2, -0.15) is 0 Å². The highest BCUT2D eigenvalue weighted by atomic mass is 28.4. The standard InChI is InChI=1S/C50H72N2O5Si2/c1-47(2,3)55-45(53)51-35-39-17-15-19-43(33-39)41-25-21-37(22-26-41)29-31-58(13,49(7,8)9)57-59(14,50(10,11)12)32-30-38-23-27-42(28-24-38)44-20-16-18-40(34-44)36-52-46(54)56-48(4,5)6/h15-28,33-34H,29-32,35-36H2,1-14H3,(H,51,53)(H,52,54). The van der Waals surface area contributed by atoms with E-state index in [4.69, 9.17) is 13.6 Å². The van der Waals surface area contributed by atoms with Crippen molar-refractivity contribution >= 4 is 28.8 Å². The monoisotopic (exact) mass is 836 g/mol. The van der Waals surface area contributed by atoms with E-state index in [-0.39, 0.29) is 10.1 Å². The van der Waals surface area contributed by atoms with Gasteiger partial charge in [-0.15, -0.1) is 0 Å². The van der Waals surface area contributed by atoms with Crippen molar-refractivity contribution in [3.05, 3.63) is 119 Å². The van der Waals surface area contributed by atoms with Crippen LogP contribution >= 0.6 is 0 Å². The van der Waals surface area contributed by atoms with E-state index < -0.39 is 40.0 Å². The van der Waals surface area contributed by atoms with E-state index >= 15 is 0 Å². The summed E-state index contributed by atoms with van der Waals surface area (Å²) in [7, 11) is -4.47. The summed E-state index contributed by atoms with van der Waals surface area (Å²) in [5, 5.41) is 5.87. The first-order valence-corrected chi connectivity index (χ1v) is 26.5. The zero-order valence-electron chi connectivity index (χ0n) is 38.5. The van der Waals surface area contributed by atoms with Crippen LogP contribution in [0.3, 0.4) is 0 Å². The molecule has 2 atom stereocenters. The van der Waals surface area contributed by atoms with Crippen LogP contribution in [-0.2, 0) is 39.5 Å². The number of ether oxygens (including phenoxy) is 2. The van der Waals surface area contributed by atoms with Gasteiger partial charge in [-0.25, -0.2) is 9.59 Å². The fraction of sp³-hybridized carbons (Fsp3) is 0.480. The van der Waals surface area contributed by atoms with Gasteiger partial charge in [0.1, 0.15) is 11.2 Å². The molecule has 0 aliphatic heterocycles. The van der Waals surface area contributed by atoms with E-state index in [1.807, 2.05) is 65.8 Å². The number of benzene rings is 4. The van der Waals surface area contributed by atoms with Gasteiger partial charge < -0.3 is 24.2 Å². The number of amides is 2. The summed E-state index contributed by atoms with van der Waals surface area (Å²) < 4.78 is 18.5. The highest BCUT2D eigenvalue weighted by Crippen LogP contribution is 2.48. The second-order valence-corrected chi connectivity index (χ2v) is 30.3. The Bertz CT molecular complexity index is 1860. The lowest BCUT2D eigenvalue weighted by atomic mass is 10.0. The van der Waals surface area contributed by atoms with Crippen LogP contribution in [0.5, 0.6) is 0 Å². The fourth-order valence-corrected chi connectivity index (χ4v) is 17.1. The van der Waals surface area contributed by atoms with E-state index in [1.54, 1.807) is 0 Å². The van der Waals surface area contributed by atoms with Gasteiger partial charge in [0.05, 0.1) is 0 Å². The van der Waals surface area contributed by atoms with Crippen LogP contribution in [0, 0.1) is 0 Å². The quantitative estimate of drug-likeness (QED) is 0.124. The Kier molecular flexibility index (Phi) is 15.3. The van der Waals surface area contributed by atoms with Crippen LogP contribution in [0.15, 0.2) is 97.1 Å². The van der Waals surface area contributed by atoms with Crippen molar-refractivity contribution in [2.45, 2.75) is 155 Å². The molecule has 0 saturated heterocycles. The van der Waals surface area contributed by atoms with Crippen molar-refractivity contribution < 1.29 is 23.2 Å². The number of alkyl carbamates (subject to hydrolysis) is 2. The van der Waals surface area contributed by atoms with Crippen LogP contribution in [-0.4, -0.2) is 40.0 Å². The Morgan fingerprint density at radius 3 is 1.12 bits per heavy atom. The van der Waals surface area contributed by atoms with E-state index in [0.29, 0.717) is 13.1 Å². The number of nitrogens with one attached hydrogen (secondary N) is 2. The SMILES string of the molecule is CC(C)(C)OC(=O)NCc1cccc(-c2ccc(CC[Si](C)(O[Si](C)(CCc3ccc(-c4cccc(CNC(=O)OC(C)(C)C)c4)cc3)C(C)(C)C)C(C)(C)C)cc2)c1.